The Morgan fingerprint density at radius 1 is 1.35 bits per heavy atom. The zero-order chi connectivity index (χ0) is 14.9. The molecule has 1 aromatic heterocycles. The fraction of sp³-hybridized carbons (Fsp3) is 0.167. The van der Waals surface area contributed by atoms with Gasteiger partial charge in [-0.2, -0.15) is 18.2 Å². The summed E-state index contributed by atoms with van der Waals surface area (Å²) in [6, 6.07) is 1.35. The van der Waals surface area contributed by atoms with Gasteiger partial charge in [-0.25, -0.2) is 4.39 Å². The fourth-order valence-corrected chi connectivity index (χ4v) is 1.45. The van der Waals surface area contributed by atoms with Crippen LogP contribution in [-0.4, -0.2) is 10.9 Å². The summed E-state index contributed by atoms with van der Waals surface area (Å²) in [5.41, 5.74) is -1.40. The van der Waals surface area contributed by atoms with E-state index >= 15 is 0 Å². The minimum atomic E-state index is -4.66. The van der Waals surface area contributed by atoms with Gasteiger partial charge in [-0.1, -0.05) is 0 Å². The number of nitrogens with zero attached hydrogens (tertiary/aromatic N) is 1. The number of carbonyl (C=O) groups is 1. The lowest BCUT2D eigenvalue weighted by Crippen LogP contribution is -2.16. The molecule has 0 aliphatic carbocycles. The zero-order valence-corrected chi connectivity index (χ0v) is 10.1. The van der Waals surface area contributed by atoms with Crippen LogP contribution in [0.2, 0.25) is 0 Å². The number of aryl methyl sites for hydroxylation is 1. The molecule has 1 heterocycles. The van der Waals surface area contributed by atoms with Gasteiger partial charge in [0.2, 0.25) is 0 Å². The number of nitrogens with one attached hydrogen (secondary N) is 1. The number of amides is 1. The molecule has 8 heteroatoms. The number of benzene rings is 1. The molecule has 0 radical (unpaired) electrons. The number of carbonyl (C=O) groups excluding carboxylic acids is 1. The largest absolute Gasteiger partial charge is 0.432 e. The first kappa shape index (κ1) is 14.0. The van der Waals surface area contributed by atoms with E-state index in [1.807, 2.05) is 0 Å². The van der Waals surface area contributed by atoms with Crippen LogP contribution in [0, 0.1) is 12.7 Å². The molecule has 0 saturated heterocycles. The van der Waals surface area contributed by atoms with Crippen molar-refractivity contribution in [1.29, 1.82) is 0 Å². The second kappa shape index (κ2) is 4.95. The number of halogens is 4. The highest BCUT2D eigenvalue weighted by molar-refractivity contribution is 6.03. The summed E-state index contributed by atoms with van der Waals surface area (Å²) < 4.78 is 55.8. The van der Waals surface area contributed by atoms with Gasteiger partial charge in [0.05, 0.1) is 16.8 Å². The highest BCUT2D eigenvalue weighted by atomic mass is 19.4. The van der Waals surface area contributed by atoms with Gasteiger partial charge in [-0.05, 0) is 25.1 Å². The van der Waals surface area contributed by atoms with Crippen LogP contribution >= 0.6 is 0 Å². The van der Waals surface area contributed by atoms with Crippen molar-refractivity contribution >= 4 is 11.9 Å². The maximum Gasteiger partial charge on any atom is 0.416 e. The van der Waals surface area contributed by atoms with Crippen LogP contribution in [-0.2, 0) is 6.18 Å². The Morgan fingerprint density at radius 2 is 2.05 bits per heavy atom. The Bertz CT molecular complexity index is 649. The summed E-state index contributed by atoms with van der Waals surface area (Å²) in [6.07, 6.45) is -3.43. The molecule has 0 aliphatic heterocycles. The monoisotopic (exact) mass is 288 g/mol. The Balaban J connectivity index is 2.29. The average molecular weight is 288 g/mol. The first-order valence-electron chi connectivity index (χ1n) is 5.37. The third-order valence-electron chi connectivity index (χ3n) is 2.38. The van der Waals surface area contributed by atoms with Crippen LogP contribution in [0.15, 0.2) is 28.9 Å². The van der Waals surface area contributed by atoms with Gasteiger partial charge < -0.3 is 4.42 Å². The smallest absolute Gasteiger partial charge is 0.416 e. The van der Waals surface area contributed by atoms with Gasteiger partial charge >= 0.3 is 12.2 Å². The molecule has 0 unspecified atom stereocenters. The fourth-order valence-electron chi connectivity index (χ4n) is 1.45. The van der Waals surface area contributed by atoms with E-state index in [-0.39, 0.29) is 6.01 Å². The molecule has 2 rings (SSSR count). The molecule has 0 spiro atoms. The van der Waals surface area contributed by atoms with Crippen molar-refractivity contribution in [2.24, 2.45) is 0 Å². The summed E-state index contributed by atoms with van der Waals surface area (Å²) in [5, 5.41) is 2.07. The number of aromatic nitrogens is 1. The lowest BCUT2D eigenvalue weighted by atomic mass is 10.1. The zero-order valence-electron chi connectivity index (χ0n) is 10.1. The van der Waals surface area contributed by atoms with E-state index in [1.54, 1.807) is 6.92 Å². The Morgan fingerprint density at radius 3 is 2.60 bits per heavy atom. The van der Waals surface area contributed by atoms with Crippen molar-refractivity contribution in [2.45, 2.75) is 13.1 Å². The maximum atomic E-state index is 13.4. The second-order valence-electron chi connectivity index (χ2n) is 3.94. The normalized spacial score (nSPS) is 11.4. The van der Waals surface area contributed by atoms with Gasteiger partial charge in [-0.3, -0.25) is 10.1 Å². The Kier molecular flexibility index (Phi) is 3.47. The summed E-state index contributed by atoms with van der Waals surface area (Å²) >= 11 is 0. The predicted octanol–water partition coefficient (Wildman–Crippen LogP) is 3.39. The summed E-state index contributed by atoms with van der Waals surface area (Å²) in [6.45, 7) is 1.59. The number of hydrogen-bond donors (Lipinski definition) is 1. The Labute approximate surface area is 110 Å². The number of alkyl halides is 3. The summed E-state index contributed by atoms with van der Waals surface area (Å²) in [5.74, 6) is -2.14. The Hall–Kier alpha value is -2.38. The molecule has 1 N–H and O–H groups in total. The van der Waals surface area contributed by atoms with E-state index in [4.69, 9.17) is 4.42 Å². The molecule has 1 aromatic carbocycles. The van der Waals surface area contributed by atoms with E-state index in [0.717, 1.165) is 0 Å². The third kappa shape index (κ3) is 2.95. The molecule has 106 valence electrons. The lowest BCUT2D eigenvalue weighted by molar-refractivity contribution is -0.137. The van der Waals surface area contributed by atoms with Crippen LogP contribution in [0.5, 0.6) is 0 Å². The number of rotatable bonds is 2. The second-order valence-corrected chi connectivity index (χ2v) is 3.94. The molecule has 20 heavy (non-hydrogen) atoms. The van der Waals surface area contributed by atoms with Crippen molar-refractivity contribution in [1.82, 2.24) is 4.98 Å². The van der Waals surface area contributed by atoms with Crippen molar-refractivity contribution in [2.75, 3.05) is 5.32 Å². The van der Waals surface area contributed by atoms with E-state index < -0.39 is 29.0 Å². The summed E-state index contributed by atoms with van der Waals surface area (Å²) in [7, 11) is 0. The molecular formula is C12H8F4N2O2. The molecular weight excluding hydrogens is 280 g/mol. The summed E-state index contributed by atoms with van der Waals surface area (Å²) in [4.78, 5) is 15.4. The molecule has 0 saturated carbocycles. The molecule has 1 amide bonds. The predicted molar refractivity (Wildman–Crippen MR) is 60.6 cm³/mol. The van der Waals surface area contributed by atoms with Crippen molar-refractivity contribution < 1.29 is 26.8 Å². The van der Waals surface area contributed by atoms with Crippen LogP contribution in [0.1, 0.15) is 21.6 Å². The van der Waals surface area contributed by atoms with E-state index in [1.165, 1.54) is 6.26 Å². The van der Waals surface area contributed by atoms with Crippen LogP contribution in [0.3, 0.4) is 0 Å². The molecule has 4 nitrogen and oxygen atoms in total. The first-order valence-corrected chi connectivity index (χ1v) is 5.37. The maximum absolute atomic E-state index is 13.4. The van der Waals surface area contributed by atoms with Crippen LogP contribution < -0.4 is 5.32 Å². The van der Waals surface area contributed by atoms with Crippen molar-refractivity contribution in [3.8, 4) is 0 Å². The lowest BCUT2D eigenvalue weighted by Gasteiger charge is -2.09. The van der Waals surface area contributed by atoms with Crippen LogP contribution in [0.4, 0.5) is 23.6 Å². The number of hydrogen-bond acceptors (Lipinski definition) is 3. The van der Waals surface area contributed by atoms with Gasteiger partial charge in [0.1, 0.15) is 12.1 Å². The third-order valence-corrected chi connectivity index (χ3v) is 2.38. The molecule has 0 aliphatic rings. The van der Waals surface area contributed by atoms with E-state index in [2.05, 4.69) is 10.3 Å². The number of anilines is 1. The quantitative estimate of drug-likeness (QED) is 0.862. The minimum absolute atomic E-state index is 0.218. The van der Waals surface area contributed by atoms with Gasteiger partial charge in [0.15, 0.2) is 0 Å². The first-order chi connectivity index (χ1) is 9.27. The van der Waals surface area contributed by atoms with E-state index in [0.29, 0.717) is 23.9 Å². The highest BCUT2D eigenvalue weighted by Gasteiger charge is 2.32. The molecule has 0 bridgehead atoms. The van der Waals surface area contributed by atoms with Gasteiger partial charge in [-0.15, -0.1) is 0 Å². The highest BCUT2D eigenvalue weighted by Crippen LogP contribution is 2.30. The average Bonchev–Trinajstić information content (AvgIpc) is 2.73. The van der Waals surface area contributed by atoms with Gasteiger partial charge in [0.25, 0.3) is 5.91 Å². The minimum Gasteiger partial charge on any atom is -0.432 e. The molecule has 0 atom stereocenters. The SMILES string of the molecule is Cc1coc(NC(=O)c2cc(C(F)(F)F)ccc2F)n1. The topological polar surface area (TPSA) is 55.1 Å². The molecule has 2 aromatic rings. The van der Waals surface area contributed by atoms with Crippen LogP contribution in [0.25, 0.3) is 0 Å². The van der Waals surface area contributed by atoms with Gasteiger partial charge in [0, 0.05) is 0 Å². The standard InChI is InChI=1S/C12H8F4N2O2/c1-6-5-20-11(17-6)18-10(19)8-4-7(12(14,15)16)2-3-9(8)13/h2-5H,1H3,(H,17,18,19). The van der Waals surface area contributed by atoms with Crippen molar-refractivity contribution in [3.63, 3.8) is 0 Å². The van der Waals surface area contributed by atoms with E-state index in [9.17, 15) is 22.4 Å². The number of oxazole rings is 1. The molecule has 0 fully saturated rings. The van der Waals surface area contributed by atoms with Crippen molar-refractivity contribution in [3.05, 3.63) is 47.1 Å².